The summed E-state index contributed by atoms with van der Waals surface area (Å²) < 4.78 is 0. The third-order valence-electron chi connectivity index (χ3n) is 2.69. The van der Waals surface area contributed by atoms with Gasteiger partial charge in [0.25, 0.3) is 0 Å². The first-order chi connectivity index (χ1) is 13.7. The number of hydrogen-bond acceptors (Lipinski definition) is 8. The van der Waals surface area contributed by atoms with Crippen LogP contribution in [0.25, 0.3) is 0 Å². The van der Waals surface area contributed by atoms with Gasteiger partial charge in [-0.2, -0.15) is 10.2 Å². The van der Waals surface area contributed by atoms with Crippen molar-refractivity contribution in [1.29, 1.82) is 0 Å². The molecule has 2 heterocycles. The maximum Gasteiger partial charge on any atom is 2.00 e. The minimum absolute atomic E-state index is 0. The molecular formula is C18H22N8PdS2. The predicted octanol–water partition coefficient (Wildman–Crippen LogP) is 1.85. The van der Waals surface area contributed by atoms with Crippen LogP contribution < -0.4 is 10.9 Å². The van der Waals surface area contributed by atoms with Crippen molar-refractivity contribution >= 4 is 48.0 Å². The minimum atomic E-state index is 0. The Kier molecular flexibility index (Phi) is 16.3. The van der Waals surface area contributed by atoms with E-state index in [1.165, 1.54) is 0 Å². The van der Waals surface area contributed by atoms with E-state index < -0.39 is 0 Å². The zero-order chi connectivity index (χ0) is 20.5. The second-order valence-electron chi connectivity index (χ2n) is 4.81. The number of amidine groups is 2. The van der Waals surface area contributed by atoms with E-state index in [0.717, 1.165) is 11.4 Å². The number of aromatic nitrogens is 2. The monoisotopic (exact) mass is 520 g/mol. The Bertz CT molecular complexity index is 715. The summed E-state index contributed by atoms with van der Waals surface area (Å²) in [5, 5.41) is 8.55. The molecule has 2 aromatic rings. The van der Waals surface area contributed by atoms with Crippen molar-refractivity contribution in [3.8, 4) is 0 Å². The van der Waals surface area contributed by atoms with Crippen LogP contribution >= 0.6 is 0 Å². The van der Waals surface area contributed by atoms with Crippen LogP contribution in [0.2, 0.25) is 0 Å². The van der Waals surface area contributed by atoms with E-state index >= 15 is 0 Å². The van der Waals surface area contributed by atoms with Gasteiger partial charge in [-0.25, -0.2) is 0 Å². The van der Waals surface area contributed by atoms with Crippen LogP contribution in [0.4, 0.5) is 0 Å². The van der Waals surface area contributed by atoms with E-state index in [1.54, 1.807) is 24.8 Å². The molecule has 0 bridgehead atoms. The smallest absolute Gasteiger partial charge is 0.741 e. The largest absolute Gasteiger partial charge is 2.00 e. The van der Waals surface area contributed by atoms with Gasteiger partial charge in [0.1, 0.15) is 0 Å². The number of rotatable bonds is 6. The summed E-state index contributed by atoms with van der Waals surface area (Å²) in [6.45, 7) is 5.14. The van der Waals surface area contributed by atoms with Gasteiger partial charge in [0, 0.05) is 25.5 Å². The number of nitrogens with zero attached hydrogens (tertiary/aromatic N) is 6. The Morgan fingerprint density at radius 2 is 1.24 bits per heavy atom. The van der Waals surface area contributed by atoms with Crippen molar-refractivity contribution in [3.63, 3.8) is 0 Å². The fourth-order valence-electron chi connectivity index (χ4n) is 1.57. The zero-order valence-corrected chi connectivity index (χ0v) is 19.2. The van der Waals surface area contributed by atoms with E-state index in [1.807, 2.05) is 50.2 Å². The fourth-order valence-corrected chi connectivity index (χ4v) is 1.93. The van der Waals surface area contributed by atoms with E-state index in [4.69, 9.17) is 25.3 Å². The third kappa shape index (κ3) is 14.3. The first kappa shape index (κ1) is 26.7. The van der Waals surface area contributed by atoms with Crippen LogP contribution in [0, 0.1) is 0 Å². The molecule has 2 N–H and O–H groups in total. The molecule has 0 aliphatic rings. The average Bonchev–Trinajstić information content (AvgIpc) is 2.71. The van der Waals surface area contributed by atoms with Crippen LogP contribution in [-0.4, -0.2) is 45.8 Å². The molecule has 0 aromatic carbocycles. The second kappa shape index (κ2) is 17.8. The number of pyridine rings is 2. The Morgan fingerprint density at radius 1 is 0.828 bits per heavy atom. The summed E-state index contributed by atoms with van der Waals surface area (Å²) in [5.74, 6) is 0. The molecular weight excluding hydrogens is 499 g/mol. The van der Waals surface area contributed by atoms with E-state index in [2.05, 4.69) is 41.0 Å². The molecule has 0 aliphatic heterocycles. The van der Waals surface area contributed by atoms with Crippen molar-refractivity contribution in [2.45, 2.75) is 13.8 Å². The summed E-state index contributed by atoms with van der Waals surface area (Å²) in [5.41, 5.74) is 6.81. The van der Waals surface area contributed by atoms with E-state index in [9.17, 15) is 0 Å². The van der Waals surface area contributed by atoms with Gasteiger partial charge in [-0.3, -0.25) is 30.8 Å². The van der Waals surface area contributed by atoms with Gasteiger partial charge >= 0.3 is 20.4 Å². The van der Waals surface area contributed by atoms with Crippen molar-refractivity contribution in [1.82, 2.24) is 20.8 Å². The molecule has 0 aliphatic carbocycles. The van der Waals surface area contributed by atoms with Gasteiger partial charge < -0.3 is 25.3 Å². The number of nitrogens with one attached hydrogen (secondary N) is 2. The van der Waals surface area contributed by atoms with Crippen LogP contribution in [0.5, 0.6) is 0 Å². The third-order valence-corrected chi connectivity index (χ3v) is 3.13. The first-order valence-electron chi connectivity index (χ1n) is 8.48. The van der Waals surface area contributed by atoms with Crippen LogP contribution in [0.15, 0.2) is 69.0 Å². The van der Waals surface area contributed by atoms with Crippen molar-refractivity contribution in [3.05, 3.63) is 60.2 Å². The molecule has 0 saturated carbocycles. The molecule has 0 spiro atoms. The van der Waals surface area contributed by atoms with Gasteiger partial charge in [-0.05, 0) is 48.4 Å². The van der Waals surface area contributed by atoms with Crippen LogP contribution in [0.1, 0.15) is 25.2 Å². The Hall–Kier alpha value is -2.32. The molecule has 29 heavy (non-hydrogen) atoms. The van der Waals surface area contributed by atoms with Crippen molar-refractivity contribution in [2.75, 3.05) is 13.1 Å². The molecule has 2 aromatic heterocycles. The Labute approximate surface area is 196 Å². The predicted molar refractivity (Wildman–Crippen MR) is 121 cm³/mol. The quantitative estimate of drug-likeness (QED) is 0.198. The maximum absolute atomic E-state index is 4.86. The summed E-state index contributed by atoms with van der Waals surface area (Å²) in [6, 6.07) is 11.2. The number of aliphatic imine (C=N–C) groups is 2. The van der Waals surface area contributed by atoms with Crippen molar-refractivity contribution in [2.24, 2.45) is 20.2 Å². The van der Waals surface area contributed by atoms with E-state index in [-0.39, 0.29) is 20.4 Å². The zero-order valence-electron chi connectivity index (χ0n) is 16.0. The molecule has 0 unspecified atom stereocenters. The number of hydrogen-bond donors (Lipinski definition) is 2. The molecule has 11 heteroatoms. The molecule has 156 valence electrons. The van der Waals surface area contributed by atoms with Crippen molar-refractivity contribution < 1.29 is 20.4 Å². The first-order valence-corrected chi connectivity index (χ1v) is 9.30. The minimum Gasteiger partial charge on any atom is -0.741 e. The van der Waals surface area contributed by atoms with Gasteiger partial charge in [0.15, 0.2) is 0 Å². The van der Waals surface area contributed by atoms with Gasteiger partial charge in [-0.15, -0.1) is 0 Å². The molecule has 0 radical (unpaired) electrons. The SMILES string of the molecule is CCN=C([S-])N/N=C/c1ccccn1.CCN=C([S-])N/N=C/c1ccccn1.[Pd+2]. The second-order valence-corrected chi connectivity index (χ2v) is 5.58. The van der Waals surface area contributed by atoms with E-state index in [0.29, 0.717) is 23.4 Å². The fraction of sp³-hybridized carbons (Fsp3) is 0.222. The topological polar surface area (TPSA) is 99.3 Å². The van der Waals surface area contributed by atoms with Crippen LogP contribution in [-0.2, 0) is 45.7 Å². The normalized spacial score (nSPS) is 11.5. The standard InChI is InChI=1S/2C9H12N4S.Pd/c2*1-2-10-9(14)13-12-7-8-5-3-4-6-11-8;/h2*3-7H,2H2,1H3,(H2,10,13,14);/q;;+2/p-2/b2*12-7+;. The van der Waals surface area contributed by atoms with Gasteiger partial charge in [0.2, 0.25) is 0 Å². The molecule has 0 atom stereocenters. The average molecular weight is 521 g/mol. The summed E-state index contributed by atoms with van der Waals surface area (Å²) in [6.07, 6.45) is 6.60. The molecule has 0 amide bonds. The molecule has 2 rings (SSSR count). The van der Waals surface area contributed by atoms with Crippen LogP contribution in [0.3, 0.4) is 0 Å². The Morgan fingerprint density at radius 3 is 1.55 bits per heavy atom. The Balaban J connectivity index is 0.000000523. The molecule has 0 saturated heterocycles. The maximum atomic E-state index is 4.86. The van der Waals surface area contributed by atoms with Gasteiger partial charge in [0.05, 0.1) is 23.8 Å². The summed E-state index contributed by atoms with van der Waals surface area (Å²) in [7, 11) is 0. The summed E-state index contributed by atoms with van der Waals surface area (Å²) >= 11 is 9.71. The summed E-state index contributed by atoms with van der Waals surface area (Å²) in [4.78, 5) is 16.0. The molecule has 8 nitrogen and oxygen atoms in total. The van der Waals surface area contributed by atoms with Gasteiger partial charge in [-0.1, -0.05) is 12.1 Å². The molecule has 0 fully saturated rings. The number of hydrazone groups is 2.